The molecule has 3 rings (SSSR count). The van der Waals surface area contributed by atoms with Gasteiger partial charge in [-0.1, -0.05) is 18.2 Å². The molecule has 5 heteroatoms. The molecule has 0 amide bonds. The van der Waals surface area contributed by atoms with Gasteiger partial charge in [0.1, 0.15) is 0 Å². The lowest BCUT2D eigenvalue weighted by atomic mass is 10.1. The van der Waals surface area contributed by atoms with Crippen LogP contribution in [-0.4, -0.2) is 19.6 Å². The molecule has 0 spiro atoms. The highest BCUT2D eigenvalue weighted by Gasteiger charge is 2.51. The molecule has 1 aliphatic carbocycles. The average Bonchev–Trinajstić information content (AvgIpc) is 2.82. The van der Waals surface area contributed by atoms with Crippen molar-refractivity contribution in [2.24, 2.45) is 17.8 Å². The third kappa shape index (κ3) is 2.77. The molecule has 1 saturated heterocycles. The Labute approximate surface area is 110 Å². The molecule has 1 aromatic carbocycles. The van der Waals surface area contributed by atoms with Crippen molar-refractivity contribution in [1.82, 2.24) is 10.6 Å². The number of rotatable bonds is 4. The molecule has 2 fully saturated rings. The Morgan fingerprint density at radius 3 is 2.63 bits per heavy atom. The van der Waals surface area contributed by atoms with Crippen molar-refractivity contribution in [3.63, 3.8) is 0 Å². The number of fused-ring (bicyclic) bond motifs is 1. The fraction of sp³-hybridized carbons (Fsp3) is 0.571. The number of alkyl halides is 3. The summed E-state index contributed by atoms with van der Waals surface area (Å²) in [5.41, 5.74) is 0.123. The molecule has 1 saturated carbocycles. The number of benzene rings is 1. The molecule has 2 aliphatic rings. The van der Waals surface area contributed by atoms with Gasteiger partial charge in [-0.25, -0.2) is 0 Å². The van der Waals surface area contributed by atoms with E-state index in [1.165, 1.54) is 12.1 Å². The standard InChI is InChI=1S/C14H17F3N2/c15-14(16,17)10-3-1-2-9(4-10)5-18-6-11-12-7-19-8-13(11)12/h1-4,11-13,18-19H,5-8H2. The minimum atomic E-state index is -4.25. The quantitative estimate of drug-likeness (QED) is 0.877. The van der Waals surface area contributed by atoms with Crippen LogP contribution in [0.1, 0.15) is 11.1 Å². The molecular weight excluding hydrogens is 253 g/mol. The normalized spacial score (nSPS) is 29.3. The van der Waals surface area contributed by atoms with Crippen LogP contribution in [0.15, 0.2) is 24.3 Å². The second-order valence-electron chi connectivity index (χ2n) is 5.48. The number of halogens is 3. The zero-order valence-corrected chi connectivity index (χ0v) is 10.5. The molecule has 2 atom stereocenters. The third-order valence-corrected chi connectivity index (χ3v) is 4.23. The highest BCUT2D eigenvalue weighted by atomic mass is 19.4. The number of hydrogen-bond acceptors (Lipinski definition) is 2. The maximum absolute atomic E-state index is 12.6. The van der Waals surface area contributed by atoms with E-state index in [0.717, 1.165) is 37.5 Å². The summed E-state index contributed by atoms with van der Waals surface area (Å²) in [6, 6.07) is 5.54. The van der Waals surface area contributed by atoms with Gasteiger partial charge in [0.2, 0.25) is 0 Å². The van der Waals surface area contributed by atoms with Gasteiger partial charge in [-0.2, -0.15) is 13.2 Å². The summed E-state index contributed by atoms with van der Waals surface area (Å²) in [5, 5.41) is 6.61. The highest BCUT2D eigenvalue weighted by molar-refractivity contribution is 5.25. The maximum Gasteiger partial charge on any atom is 0.416 e. The summed E-state index contributed by atoms with van der Waals surface area (Å²) < 4.78 is 37.7. The average molecular weight is 270 g/mol. The van der Waals surface area contributed by atoms with Gasteiger partial charge < -0.3 is 10.6 Å². The third-order valence-electron chi connectivity index (χ3n) is 4.23. The zero-order chi connectivity index (χ0) is 13.5. The van der Waals surface area contributed by atoms with Gasteiger partial charge in [-0.15, -0.1) is 0 Å². The summed E-state index contributed by atoms with van der Waals surface area (Å²) in [4.78, 5) is 0. The predicted molar refractivity (Wildman–Crippen MR) is 66.5 cm³/mol. The Bertz CT molecular complexity index is 448. The van der Waals surface area contributed by atoms with E-state index in [1.54, 1.807) is 6.07 Å². The van der Waals surface area contributed by atoms with Gasteiger partial charge in [0.15, 0.2) is 0 Å². The van der Waals surface area contributed by atoms with E-state index in [4.69, 9.17) is 0 Å². The summed E-state index contributed by atoms with van der Waals surface area (Å²) in [5.74, 6) is 2.29. The lowest BCUT2D eigenvalue weighted by molar-refractivity contribution is -0.137. The minimum absolute atomic E-state index is 0.507. The van der Waals surface area contributed by atoms with Crippen LogP contribution in [0, 0.1) is 17.8 Å². The van der Waals surface area contributed by atoms with Crippen LogP contribution in [0.4, 0.5) is 13.2 Å². The van der Waals surface area contributed by atoms with Gasteiger partial charge in [0.25, 0.3) is 0 Å². The predicted octanol–water partition coefficient (Wildman–Crippen LogP) is 2.26. The van der Waals surface area contributed by atoms with Crippen molar-refractivity contribution in [3.05, 3.63) is 35.4 Å². The van der Waals surface area contributed by atoms with E-state index in [0.29, 0.717) is 18.0 Å². The van der Waals surface area contributed by atoms with Gasteiger partial charge in [-0.3, -0.25) is 0 Å². The van der Waals surface area contributed by atoms with Gasteiger partial charge in [0.05, 0.1) is 5.56 Å². The van der Waals surface area contributed by atoms with E-state index in [9.17, 15) is 13.2 Å². The second kappa shape index (κ2) is 4.80. The van der Waals surface area contributed by atoms with Crippen molar-refractivity contribution in [2.45, 2.75) is 12.7 Å². The fourth-order valence-corrected chi connectivity index (χ4v) is 3.09. The van der Waals surface area contributed by atoms with Gasteiger partial charge in [-0.05, 0) is 49.0 Å². The zero-order valence-electron chi connectivity index (χ0n) is 10.5. The van der Waals surface area contributed by atoms with Crippen LogP contribution in [0.5, 0.6) is 0 Å². The monoisotopic (exact) mass is 270 g/mol. The molecule has 1 aromatic rings. The number of hydrogen-bond donors (Lipinski definition) is 2. The van der Waals surface area contributed by atoms with E-state index >= 15 is 0 Å². The molecule has 2 unspecified atom stereocenters. The SMILES string of the molecule is FC(F)(F)c1cccc(CNCC2C3CNCC23)c1. The first-order valence-electron chi connectivity index (χ1n) is 6.63. The second-order valence-corrected chi connectivity index (χ2v) is 5.48. The van der Waals surface area contributed by atoms with Crippen molar-refractivity contribution < 1.29 is 13.2 Å². The van der Waals surface area contributed by atoms with Crippen molar-refractivity contribution in [2.75, 3.05) is 19.6 Å². The molecule has 0 aromatic heterocycles. The van der Waals surface area contributed by atoms with E-state index in [1.807, 2.05) is 0 Å². The van der Waals surface area contributed by atoms with Crippen LogP contribution in [0.2, 0.25) is 0 Å². The smallest absolute Gasteiger partial charge is 0.316 e. The molecule has 0 bridgehead atoms. The maximum atomic E-state index is 12.6. The van der Waals surface area contributed by atoms with Crippen molar-refractivity contribution in [3.8, 4) is 0 Å². The first-order chi connectivity index (χ1) is 9.05. The Morgan fingerprint density at radius 2 is 1.95 bits per heavy atom. The summed E-state index contributed by atoms with van der Waals surface area (Å²) in [7, 11) is 0. The summed E-state index contributed by atoms with van der Waals surface area (Å²) >= 11 is 0. The van der Waals surface area contributed by atoms with Crippen LogP contribution >= 0.6 is 0 Å². The number of nitrogens with one attached hydrogen (secondary N) is 2. The van der Waals surface area contributed by atoms with E-state index in [-0.39, 0.29) is 0 Å². The summed E-state index contributed by atoms with van der Waals surface area (Å²) in [6.07, 6.45) is -4.25. The Morgan fingerprint density at radius 1 is 1.21 bits per heavy atom. The van der Waals surface area contributed by atoms with Gasteiger partial charge >= 0.3 is 6.18 Å². The largest absolute Gasteiger partial charge is 0.416 e. The molecule has 2 nitrogen and oxygen atoms in total. The first kappa shape index (κ1) is 12.9. The van der Waals surface area contributed by atoms with E-state index in [2.05, 4.69) is 10.6 Å². The lowest BCUT2D eigenvalue weighted by Crippen LogP contribution is -2.23. The summed E-state index contributed by atoms with van der Waals surface area (Å²) in [6.45, 7) is 3.61. The first-order valence-corrected chi connectivity index (χ1v) is 6.63. The molecular formula is C14H17F3N2. The molecule has 0 radical (unpaired) electrons. The Hall–Kier alpha value is -1.07. The Balaban J connectivity index is 1.50. The van der Waals surface area contributed by atoms with Crippen LogP contribution < -0.4 is 10.6 Å². The van der Waals surface area contributed by atoms with Crippen LogP contribution in [0.25, 0.3) is 0 Å². The van der Waals surface area contributed by atoms with Crippen molar-refractivity contribution in [1.29, 1.82) is 0 Å². The van der Waals surface area contributed by atoms with Crippen molar-refractivity contribution >= 4 is 0 Å². The topological polar surface area (TPSA) is 24.1 Å². The van der Waals surface area contributed by atoms with E-state index < -0.39 is 11.7 Å². The van der Waals surface area contributed by atoms with Crippen LogP contribution in [-0.2, 0) is 12.7 Å². The molecule has 104 valence electrons. The highest BCUT2D eigenvalue weighted by Crippen LogP contribution is 2.48. The molecule has 1 aliphatic heterocycles. The number of piperidine rings is 1. The molecule has 1 heterocycles. The Kier molecular flexibility index (Phi) is 3.27. The minimum Gasteiger partial charge on any atom is -0.316 e. The molecule has 2 N–H and O–H groups in total. The van der Waals surface area contributed by atoms with Crippen LogP contribution in [0.3, 0.4) is 0 Å². The van der Waals surface area contributed by atoms with Gasteiger partial charge in [0, 0.05) is 6.54 Å². The lowest BCUT2D eigenvalue weighted by Gasteiger charge is -2.10. The fourth-order valence-electron chi connectivity index (χ4n) is 3.09. The molecule has 19 heavy (non-hydrogen) atoms.